The van der Waals surface area contributed by atoms with Crippen LogP contribution < -0.4 is 4.90 Å². The molecule has 2 aromatic heterocycles. The maximum absolute atomic E-state index is 6.81. The molecule has 0 atom stereocenters. The third kappa shape index (κ3) is 4.92. The molecule has 0 fully saturated rings. The molecule has 0 N–H and O–H groups in total. The van der Waals surface area contributed by atoms with E-state index in [1.165, 1.54) is 61.2 Å². The summed E-state index contributed by atoms with van der Waals surface area (Å²) in [6.07, 6.45) is 0. The Labute approximate surface area is 369 Å². The maximum Gasteiger partial charge on any atom is 0.137 e. The molecule has 14 rings (SSSR count). The molecule has 0 saturated carbocycles. The number of hydrogen-bond donors (Lipinski definition) is 0. The van der Waals surface area contributed by atoms with Crippen LogP contribution >= 0.6 is 0 Å². The van der Waals surface area contributed by atoms with Crippen LogP contribution in [0.15, 0.2) is 233 Å². The lowest BCUT2D eigenvalue weighted by molar-refractivity contribution is 0.664. The molecule has 2 heterocycles. The van der Waals surface area contributed by atoms with Crippen molar-refractivity contribution in [3.63, 3.8) is 0 Å². The van der Waals surface area contributed by atoms with Crippen LogP contribution in [0, 0.1) is 0 Å². The van der Waals surface area contributed by atoms with Gasteiger partial charge in [-0.3, -0.25) is 0 Å². The molecular weight excluding hydrogens is 779 g/mol. The first-order chi connectivity index (χ1) is 31.7. The standard InChI is InChI=1S/C61H37NO2/c1-3-13-38(14-4-1)40-23-26-42(27-24-40)62(43-28-31-48-47-19-9-12-22-55(47)61(56(48)34-43)53-20-10-7-17-45(53)46-18-8-11-21-54(46)61)44-29-32-50-52-37-59-51(36-60(52)64-58(50)35-44)49-30-25-41(33-57(49)63-59)39-15-5-2-6-16-39/h1-37H. The van der Waals surface area contributed by atoms with Gasteiger partial charge in [0.1, 0.15) is 22.3 Å². The molecule has 3 nitrogen and oxygen atoms in total. The summed E-state index contributed by atoms with van der Waals surface area (Å²) in [5.74, 6) is 0. The lowest BCUT2D eigenvalue weighted by Crippen LogP contribution is -2.26. The highest BCUT2D eigenvalue weighted by molar-refractivity contribution is 6.15. The molecule has 0 aliphatic heterocycles. The summed E-state index contributed by atoms with van der Waals surface area (Å²) in [4.78, 5) is 2.38. The van der Waals surface area contributed by atoms with Gasteiger partial charge in [0.15, 0.2) is 0 Å². The molecule has 2 aliphatic carbocycles. The van der Waals surface area contributed by atoms with Crippen molar-refractivity contribution in [3.05, 3.63) is 247 Å². The first-order valence-corrected chi connectivity index (χ1v) is 22.0. The van der Waals surface area contributed by atoms with Crippen LogP contribution in [0.3, 0.4) is 0 Å². The number of nitrogens with zero attached hydrogens (tertiary/aromatic N) is 1. The Kier molecular flexibility index (Phi) is 7.32. The van der Waals surface area contributed by atoms with Crippen molar-refractivity contribution in [3.8, 4) is 44.5 Å². The molecule has 10 aromatic carbocycles. The average Bonchev–Trinajstić information content (AvgIpc) is 4.08. The fraction of sp³-hybridized carbons (Fsp3) is 0.0164. The maximum atomic E-state index is 6.81. The monoisotopic (exact) mass is 815 g/mol. The molecule has 298 valence electrons. The molecular formula is C61H37NO2. The highest BCUT2D eigenvalue weighted by Gasteiger charge is 2.51. The Balaban J connectivity index is 0.949. The van der Waals surface area contributed by atoms with E-state index in [-0.39, 0.29) is 0 Å². The van der Waals surface area contributed by atoms with Crippen molar-refractivity contribution in [2.75, 3.05) is 4.90 Å². The van der Waals surface area contributed by atoms with Gasteiger partial charge in [0.05, 0.1) is 5.41 Å². The number of anilines is 3. The van der Waals surface area contributed by atoms with E-state index >= 15 is 0 Å². The number of rotatable bonds is 5. The Bertz CT molecular complexity index is 3780. The Hall–Kier alpha value is -8.40. The van der Waals surface area contributed by atoms with Crippen LogP contribution in [-0.4, -0.2) is 0 Å². The van der Waals surface area contributed by atoms with E-state index in [4.69, 9.17) is 8.83 Å². The van der Waals surface area contributed by atoms with Crippen molar-refractivity contribution < 1.29 is 8.83 Å². The van der Waals surface area contributed by atoms with Crippen LogP contribution in [-0.2, 0) is 5.41 Å². The van der Waals surface area contributed by atoms with Gasteiger partial charge >= 0.3 is 0 Å². The molecule has 0 amide bonds. The zero-order valence-corrected chi connectivity index (χ0v) is 34.6. The van der Waals surface area contributed by atoms with Crippen molar-refractivity contribution in [1.29, 1.82) is 0 Å². The minimum Gasteiger partial charge on any atom is -0.456 e. The van der Waals surface area contributed by atoms with E-state index in [9.17, 15) is 0 Å². The lowest BCUT2D eigenvalue weighted by atomic mass is 9.70. The second kappa shape index (κ2) is 13.3. The lowest BCUT2D eigenvalue weighted by Gasteiger charge is -2.32. The minimum absolute atomic E-state index is 0.454. The quantitative estimate of drug-likeness (QED) is 0.173. The fourth-order valence-corrected chi connectivity index (χ4v) is 11.1. The number of fused-ring (bicyclic) bond motifs is 16. The highest BCUT2D eigenvalue weighted by atomic mass is 16.3. The summed E-state index contributed by atoms with van der Waals surface area (Å²) >= 11 is 0. The van der Waals surface area contributed by atoms with E-state index in [1.807, 2.05) is 6.07 Å². The van der Waals surface area contributed by atoms with Gasteiger partial charge in [-0.05, 0) is 127 Å². The largest absolute Gasteiger partial charge is 0.456 e. The highest BCUT2D eigenvalue weighted by Crippen LogP contribution is 2.63. The van der Waals surface area contributed by atoms with E-state index in [2.05, 4.69) is 223 Å². The fourth-order valence-electron chi connectivity index (χ4n) is 11.1. The molecule has 0 bridgehead atoms. The summed E-state index contributed by atoms with van der Waals surface area (Å²) in [7, 11) is 0. The molecule has 0 radical (unpaired) electrons. The average molecular weight is 816 g/mol. The summed E-state index contributed by atoms with van der Waals surface area (Å²) < 4.78 is 13.4. The predicted molar refractivity (Wildman–Crippen MR) is 263 cm³/mol. The van der Waals surface area contributed by atoms with Crippen LogP contribution in [0.1, 0.15) is 22.3 Å². The van der Waals surface area contributed by atoms with Crippen LogP contribution in [0.5, 0.6) is 0 Å². The predicted octanol–water partition coefficient (Wildman–Crippen LogP) is 16.6. The Morgan fingerprint density at radius 1 is 0.266 bits per heavy atom. The first-order valence-electron chi connectivity index (χ1n) is 22.0. The first kappa shape index (κ1) is 35.2. The normalized spacial score (nSPS) is 13.1. The number of hydrogen-bond acceptors (Lipinski definition) is 3. The molecule has 2 aliphatic rings. The van der Waals surface area contributed by atoms with Crippen LogP contribution in [0.25, 0.3) is 88.4 Å². The van der Waals surface area contributed by atoms with E-state index in [1.54, 1.807) is 0 Å². The molecule has 0 saturated heterocycles. The van der Waals surface area contributed by atoms with Crippen molar-refractivity contribution in [2.45, 2.75) is 5.41 Å². The van der Waals surface area contributed by atoms with E-state index in [0.29, 0.717) is 0 Å². The van der Waals surface area contributed by atoms with Gasteiger partial charge in [-0.15, -0.1) is 0 Å². The third-order valence-electron chi connectivity index (χ3n) is 13.9. The van der Waals surface area contributed by atoms with E-state index in [0.717, 1.165) is 66.5 Å². The summed E-state index contributed by atoms with van der Waals surface area (Å²) in [5, 5.41) is 4.20. The zero-order chi connectivity index (χ0) is 41.9. The SMILES string of the molecule is c1ccc(-c2ccc(N(c3ccc4c(c3)C3(c5ccccc5-c5ccccc53)c3ccccc3-4)c3ccc4c(c3)oc3cc5c(cc34)oc3cc(-c4ccccc4)ccc35)cc2)cc1. The number of furan rings is 2. The Morgan fingerprint density at radius 3 is 1.27 bits per heavy atom. The topological polar surface area (TPSA) is 29.5 Å². The zero-order valence-electron chi connectivity index (χ0n) is 34.6. The van der Waals surface area contributed by atoms with Gasteiger partial charge in [0, 0.05) is 44.7 Å². The second-order valence-corrected chi connectivity index (χ2v) is 17.2. The Morgan fingerprint density at radius 2 is 0.672 bits per heavy atom. The third-order valence-corrected chi connectivity index (χ3v) is 13.9. The smallest absolute Gasteiger partial charge is 0.137 e. The number of benzene rings is 10. The van der Waals surface area contributed by atoms with Gasteiger partial charge < -0.3 is 13.7 Å². The van der Waals surface area contributed by atoms with Crippen molar-refractivity contribution >= 4 is 60.9 Å². The molecule has 3 heteroatoms. The van der Waals surface area contributed by atoms with Crippen LogP contribution in [0.2, 0.25) is 0 Å². The molecule has 12 aromatic rings. The van der Waals surface area contributed by atoms with Crippen LogP contribution in [0.4, 0.5) is 17.1 Å². The molecule has 64 heavy (non-hydrogen) atoms. The van der Waals surface area contributed by atoms with Gasteiger partial charge in [-0.2, -0.15) is 0 Å². The van der Waals surface area contributed by atoms with E-state index < -0.39 is 5.41 Å². The van der Waals surface area contributed by atoms with Crippen molar-refractivity contribution in [2.24, 2.45) is 0 Å². The van der Waals surface area contributed by atoms with Gasteiger partial charge in [-0.25, -0.2) is 0 Å². The van der Waals surface area contributed by atoms with Gasteiger partial charge in [0.25, 0.3) is 0 Å². The second-order valence-electron chi connectivity index (χ2n) is 17.2. The van der Waals surface area contributed by atoms with Crippen molar-refractivity contribution in [1.82, 2.24) is 0 Å². The summed E-state index contributed by atoms with van der Waals surface area (Å²) in [6.45, 7) is 0. The molecule has 1 spiro atoms. The van der Waals surface area contributed by atoms with Gasteiger partial charge in [0.2, 0.25) is 0 Å². The minimum atomic E-state index is -0.454. The van der Waals surface area contributed by atoms with Gasteiger partial charge in [-0.1, -0.05) is 158 Å². The summed E-state index contributed by atoms with van der Waals surface area (Å²) in [5.41, 5.74) is 21.2. The summed E-state index contributed by atoms with van der Waals surface area (Å²) in [6, 6.07) is 81.4. The molecule has 0 unspecified atom stereocenters.